The van der Waals surface area contributed by atoms with Crippen LogP contribution in [0.4, 0.5) is 0 Å². The third-order valence-electron chi connectivity index (χ3n) is 3.11. The zero-order chi connectivity index (χ0) is 16.4. The fourth-order valence-corrected chi connectivity index (χ4v) is 3.49. The molecule has 5 nitrogen and oxygen atoms in total. The Morgan fingerprint density at radius 2 is 1.67 bits per heavy atom. The molecule has 1 aromatic carbocycles. The Bertz CT molecular complexity index is 698. The summed E-state index contributed by atoms with van der Waals surface area (Å²) < 4.78 is 26.6. The molecule has 0 radical (unpaired) electrons. The summed E-state index contributed by atoms with van der Waals surface area (Å²) in [6.07, 6.45) is 0. The number of hydrogen-bond acceptors (Lipinski definition) is 4. The van der Waals surface area contributed by atoms with Gasteiger partial charge in [0, 0.05) is 6.92 Å². The number of rotatable bonds is 4. The predicted molar refractivity (Wildman–Crippen MR) is 80.3 cm³/mol. The molecule has 0 heterocycles. The van der Waals surface area contributed by atoms with Crippen molar-refractivity contribution in [1.29, 1.82) is 5.26 Å². The van der Waals surface area contributed by atoms with Crippen LogP contribution in [-0.2, 0) is 14.8 Å². The van der Waals surface area contributed by atoms with Gasteiger partial charge in [-0.1, -0.05) is 27.7 Å². The largest absolute Gasteiger partial charge is 0.274 e. The van der Waals surface area contributed by atoms with Gasteiger partial charge in [-0.05, 0) is 35.1 Å². The lowest BCUT2D eigenvalue weighted by Gasteiger charge is -2.18. The van der Waals surface area contributed by atoms with Crippen molar-refractivity contribution < 1.29 is 13.2 Å². The zero-order valence-electron chi connectivity index (χ0n) is 12.9. The lowest BCUT2D eigenvalue weighted by atomic mass is 9.92. The quantitative estimate of drug-likeness (QED) is 0.926. The van der Waals surface area contributed by atoms with Gasteiger partial charge >= 0.3 is 0 Å². The molecule has 21 heavy (non-hydrogen) atoms. The summed E-state index contributed by atoms with van der Waals surface area (Å²) in [6.45, 7) is 8.62. The third-order valence-corrected chi connectivity index (χ3v) is 4.60. The van der Waals surface area contributed by atoms with Crippen LogP contribution in [-0.4, -0.2) is 14.3 Å². The van der Waals surface area contributed by atoms with E-state index in [0.717, 1.165) is 6.92 Å². The van der Waals surface area contributed by atoms with E-state index in [-0.39, 0.29) is 16.7 Å². The van der Waals surface area contributed by atoms with Crippen molar-refractivity contribution >= 4 is 15.9 Å². The van der Waals surface area contributed by atoms with Gasteiger partial charge in [-0.3, -0.25) is 4.79 Å². The van der Waals surface area contributed by atoms with Gasteiger partial charge in [0.25, 0.3) is 10.0 Å². The van der Waals surface area contributed by atoms with Crippen LogP contribution in [0.5, 0.6) is 0 Å². The molecule has 1 rings (SSSR count). The highest BCUT2D eigenvalue weighted by atomic mass is 32.2. The van der Waals surface area contributed by atoms with Crippen LogP contribution in [0.15, 0.2) is 17.0 Å². The van der Waals surface area contributed by atoms with E-state index in [2.05, 4.69) is 6.07 Å². The van der Waals surface area contributed by atoms with Crippen LogP contribution < -0.4 is 4.72 Å². The first-order valence-electron chi connectivity index (χ1n) is 6.71. The minimum atomic E-state index is -3.93. The average molecular weight is 308 g/mol. The number of nitriles is 1. The molecule has 0 aromatic heterocycles. The van der Waals surface area contributed by atoms with Gasteiger partial charge in [-0.15, -0.1) is 0 Å². The monoisotopic (exact) mass is 308 g/mol. The molecule has 0 aliphatic rings. The molecular weight excluding hydrogens is 288 g/mol. The molecule has 0 saturated heterocycles. The lowest BCUT2D eigenvalue weighted by molar-refractivity contribution is -0.117. The molecule has 0 unspecified atom stereocenters. The van der Waals surface area contributed by atoms with E-state index in [9.17, 15) is 18.5 Å². The number of carbonyl (C=O) groups is 1. The molecule has 0 fully saturated rings. The number of benzene rings is 1. The SMILES string of the molecule is CC(=O)NS(=O)(=O)c1cc(C(C)C)c(C#N)cc1C(C)C. The maximum absolute atomic E-state index is 12.3. The van der Waals surface area contributed by atoms with Gasteiger partial charge < -0.3 is 0 Å². The topological polar surface area (TPSA) is 87.0 Å². The minimum Gasteiger partial charge on any atom is -0.274 e. The van der Waals surface area contributed by atoms with Crippen molar-refractivity contribution in [3.63, 3.8) is 0 Å². The molecule has 0 bridgehead atoms. The van der Waals surface area contributed by atoms with Gasteiger partial charge in [0.2, 0.25) is 5.91 Å². The molecule has 0 saturated carbocycles. The van der Waals surface area contributed by atoms with Crippen molar-refractivity contribution in [3.05, 3.63) is 28.8 Å². The minimum absolute atomic E-state index is 0.00661. The summed E-state index contributed by atoms with van der Waals surface area (Å²) >= 11 is 0. The van der Waals surface area contributed by atoms with Gasteiger partial charge in [0.05, 0.1) is 16.5 Å². The smallest absolute Gasteiger partial charge is 0.264 e. The van der Waals surface area contributed by atoms with Crippen molar-refractivity contribution in [2.75, 3.05) is 0 Å². The molecule has 0 aliphatic carbocycles. The molecule has 0 atom stereocenters. The van der Waals surface area contributed by atoms with Crippen molar-refractivity contribution in [1.82, 2.24) is 4.72 Å². The number of sulfonamides is 1. The second-order valence-electron chi connectivity index (χ2n) is 5.56. The fourth-order valence-electron chi connectivity index (χ4n) is 2.11. The van der Waals surface area contributed by atoms with Gasteiger partial charge in [-0.2, -0.15) is 5.26 Å². The summed E-state index contributed by atoms with van der Waals surface area (Å²) in [6, 6.07) is 5.22. The molecule has 1 amide bonds. The van der Waals surface area contributed by atoms with Gasteiger partial charge in [0.15, 0.2) is 0 Å². The van der Waals surface area contributed by atoms with Crippen LogP contribution in [0, 0.1) is 11.3 Å². The van der Waals surface area contributed by atoms with E-state index in [0.29, 0.717) is 16.7 Å². The lowest BCUT2D eigenvalue weighted by Crippen LogP contribution is -2.29. The average Bonchev–Trinajstić information content (AvgIpc) is 2.35. The van der Waals surface area contributed by atoms with Crippen LogP contribution in [0.3, 0.4) is 0 Å². The van der Waals surface area contributed by atoms with Gasteiger partial charge in [0.1, 0.15) is 0 Å². The van der Waals surface area contributed by atoms with Crippen molar-refractivity contribution in [2.45, 2.75) is 51.3 Å². The molecular formula is C15H20N2O3S. The Balaban J connectivity index is 3.68. The van der Waals surface area contributed by atoms with Crippen LogP contribution >= 0.6 is 0 Å². The second-order valence-corrected chi connectivity index (χ2v) is 7.21. The Morgan fingerprint density at radius 3 is 2.05 bits per heavy atom. The van der Waals surface area contributed by atoms with E-state index < -0.39 is 15.9 Å². The number of nitrogens with one attached hydrogen (secondary N) is 1. The highest BCUT2D eigenvalue weighted by molar-refractivity contribution is 7.90. The van der Waals surface area contributed by atoms with Crippen molar-refractivity contribution in [3.8, 4) is 6.07 Å². The first-order chi connectivity index (χ1) is 9.60. The molecule has 6 heteroatoms. The van der Waals surface area contributed by atoms with Gasteiger partial charge in [-0.25, -0.2) is 13.1 Å². The number of nitrogens with zero attached hydrogens (tertiary/aromatic N) is 1. The summed E-state index contributed by atoms with van der Waals surface area (Å²) in [5.41, 5.74) is 1.66. The van der Waals surface area contributed by atoms with E-state index in [1.54, 1.807) is 6.07 Å². The maximum Gasteiger partial charge on any atom is 0.264 e. The molecule has 0 aliphatic heterocycles. The first-order valence-corrected chi connectivity index (χ1v) is 8.19. The van der Waals surface area contributed by atoms with E-state index >= 15 is 0 Å². The molecule has 1 aromatic rings. The van der Waals surface area contributed by atoms with Crippen LogP contribution in [0.1, 0.15) is 63.1 Å². The normalized spacial score (nSPS) is 11.5. The van der Waals surface area contributed by atoms with E-state index in [1.807, 2.05) is 32.4 Å². The van der Waals surface area contributed by atoms with E-state index in [4.69, 9.17) is 0 Å². The Hall–Kier alpha value is -1.87. The Kier molecular flexibility index (Phi) is 5.13. The summed E-state index contributed by atoms with van der Waals surface area (Å²) in [5, 5.41) is 9.24. The Labute approximate surface area is 126 Å². The molecule has 1 N–H and O–H groups in total. The summed E-state index contributed by atoms with van der Waals surface area (Å²) in [7, 11) is -3.93. The molecule has 114 valence electrons. The second kappa shape index (κ2) is 6.27. The number of hydrogen-bond donors (Lipinski definition) is 1. The maximum atomic E-state index is 12.3. The highest BCUT2D eigenvalue weighted by Crippen LogP contribution is 2.30. The van der Waals surface area contributed by atoms with Crippen molar-refractivity contribution in [2.24, 2.45) is 0 Å². The predicted octanol–water partition coefficient (Wildman–Crippen LogP) is 2.63. The molecule has 0 spiro atoms. The summed E-state index contributed by atoms with van der Waals surface area (Å²) in [4.78, 5) is 11.2. The Morgan fingerprint density at radius 1 is 1.14 bits per heavy atom. The summed E-state index contributed by atoms with van der Waals surface area (Å²) in [5.74, 6) is -0.718. The van der Waals surface area contributed by atoms with Crippen LogP contribution in [0.25, 0.3) is 0 Å². The first kappa shape index (κ1) is 17.2. The van der Waals surface area contributed by atoms with Crippen LogP contribution in [0.2, 0.25) is 0 Å². The fraction of sp³-hybridized carbons (Fsp3) is 0.467. The zero-order valence-corrected chi connectivity index (χ0v) is 13.7. The number of carbonyl (C=O) groups excluding carboxylic acids is 1. The highest BCUT2D eigenvalue weighted by Gasteiger charge is 2.24. The standard InChI is InChI=1S/C15H20N2O3S/c1-9(2)13-7-15(21(19,20)17-11(5)18)14(10(3)4)6-12(13)8-16/h6-7,9-10H,1-5H3,(H,17,18). The van der Waals surface area contributed by atoms with E-state index in [1.165, 1.54) is 6.07 Å². The number of amides is 1. The third kappa shape index (κ3) is 3.82.